The zero-order valence-electron chi connectivity index (χ0n) is 10.3. The summed E-state index contributed by atoms with van der Waals surface area (Å²) in [6.07, 6.45) is -7.19. The minimum Gasteiger partial charge on any atom is -0.393 e. The van der Waals surface area contributed by atoms with Gasteiger partial charge in [-0.05, 0) is 0 Å². The Kier molecular flexibility index (Phi) is 3.66. The summed E-state index contributed by atoms with van der Waals surface area (Å²) in [4.78, 5) is 14.4. The third-order valence-corrected chi connectivity index (χ3v) is 3.09. The van der Waals surface area contributed by atoms with Crippen molar-refractivity contribution < 1.29 is 31.8 Å². The number of nitrogens with zero attached hydrogens (tertiary/aromatic N) is 2. The topological polar surface area (TPSA) is 90.4 Å². The summed E-state index contributed by atoms with van der Waals surface area (Å²) in [6, 6.07) is 0. The van der Waals surface area contributed by atoms with Gasteiger partial charge in [0, 0.05) is 0 Å². The molecular formula is C10H10F5N3O3. The van der Waals surface area contributed by atoms with E-state index in [-0.39, 0.29) is 4.57 Å². The molecule has 1 aromatic heterocycles. The van der Waals surface area contributed by atoms with Crippen LogP contribution in [-0.2, 0) is 4.74 Å². The average Bonchev–Trinajstić information content (AvgIpc) is 2.66. The summed E-state index contributed by atoms with van der Waals surface area (Å²) < 4.78 is 71.2. The van der Waals surface area contributed by atoms with E-state index >= 15 is 0 Å². The maximum Gasteiger partial charge on any atom is 0.352 e. The van der Waals surface area contributed by atoms with Crippen LogP contribution >= 0.6 is 0 Å². The number of hydrogen-bond acceptors (Lipinski definition) is 5. The first-order valence-electron chi connectivity index (χ1n) is 5.62. The first-order chi connectivity index (χ1) is 9.63. The first-order valence-corrected chi connectivity index (χ1v) is 5.62. The van der Waals surface area contributed by atoms with E-state index in [9.17, 15) is 26.7 Å². The molecule has 6 nitrogen and oxygen atoms in total. The van der Waals surface area contributed by atoms with Gasteiger partial charge in [-0.15, -0.1) is 0 Å². The number of halogens is 5. The molecule has 1 aliphatic rings. The lowest BCUT2D eigenvalue weighted by Crippen LogP contribution is -2.41. The highest BCUT2D eigenvalue weighted by Gasteiger charge is 2.63. The number of hydrogen-bond donors (Lipinski definition) is 2. The fourth-order valence-corrected chi connectivity index (χ4v) is 2.01. The number of rotatable bonds is 3. The van der Waals surface area contributed by atoms with Crippen molar-refractivity contribution in [3.8, 4) is 0 Å². The van der Waals surface area contributed by atoms with Gasteiger partial charge in [0.2, 0.25) is 6.23 Å². The van der Waals surface area contributed by atoms with Gasteiger partial charge >= 0.3 is 5.69 Å². The second-order valence-corrected chi connectivity index (χ2v) is 4.60. The molecule has 0 aromatic carbocycles. The third-order valence-electron chi connectivity index (χ3n) is 3.09. The van der Waals surface area contributed by atoms with E-state index in [0.29, 0.717) is 6.20 Å². The molecule has 0 spiro atoms. The lowest BCUT2D eigenvalue weighted by Gasteiger charge is -2.25. The van der Waals surface area contributed by atoms with Gasteiger partial charge in [0.25, 0.3) is 12.3 Å². The lowest BCUT2D eigenvalue weighted by atomic mass is 10.00. The monoisotopic (exact) mass is 315 g/mol. The van der Waals surface area contributed by atoms with E-state index in [2.05, 4.69) is 9.72 Å². The summed E-state index contributed by atoms with van der Waals surface area (Å²) in [5.41, 5.74) is 0.767. The molecule has 0 bridgehead atoms. The van der Waals surface area contributed by atoms with E-state index in [1.165, 1.54) is 0 Å². The van der Waals surface area contributed by atoms with Gasteiger partial charge in [0.05, 0.1) is 19.2 Å². The third kappa shape index (κ3) is 2.46. The zero-order chi connectivity index (χ0) is 16.0. The molecule has 2 unspecified atom stereocenters. The van der Waals surface area contributed by atoms with Crippen molar-refractivity contribution in [2.24, 2.45) is 0 Å². The zero-order valence-corrected chi connectivity index (χ0v) is 10.3. The fourth-order valence-electron chi connectivity index (χ4n) is 2.01. The van der Waals surface area contributed by atoms with E-state index in [1.54, 1.807) is 0 Å². The van der Waals surface area contributed by atoms with Crippen LogP contribution in [-0.4, -0.2) is 39.2 Å². The quantitative estimate of drug-likeness (QED) is 0.794. The summed E-state index contributed by atoms with van der Waals surface area (Å²) in [6.45, 7) is -1.39. The summed E-state index contributed by atoms with van der Waals surface area (Å²) in [7, 11) is 0. The van der Waals surface area contributed by atoms with Gasteiger partial charge in [-0.25, -0.2) is 26.7 Å². The van der Waals surface area contributed by atoms with Crippen molar-refractivity contribution in [2.45, 2.75) is 30.6 Å². The van der Waals surface area contributed by atoms with Crippen LogP contribution in [0, 0.1) is 5.82 Å². The Morgan fingerprint density at radius 2 is 2.19 bits per heavy atom. The second-order valence-electron chi connectivity index (χ2n) is 4.60. The smallest absolute Gasteiger partial charge is 0.352 e. The molecule has 1 aromatic rings. The van der Waals surface area contributed by atoms with Crippen molar-refractivity contribution in [1.82, 2.24) is 9.55 Å². The average molecular weight is 315 g/mol. The van der Waals surface area contributed by atoms with Crippen LogP contribution in [0.25, 0.3) is 0 Å². The van der Waals surface area contributed by atoms with Crippen LogP contribution in [0.4, 0.5) is 27.8 Å². The predicted molar refractivity (Wildman–Crippen MR) is 58.4 cm³/mol. The maximum atomic E-state index is 13.8. The molecule has 2 rings (SSSR count). The SMILES string of the molecule is Nc1nc(=O)n(C2OC(CO)(C(F)F)CC2(F)F)cc1F. The summed E-state index contributed by atoms with van der Waals surface area (Å²) in [5.74, 6) is -6.04. The van der Waals surface area contributed by atoms with Crippen LogP contribution in [0.1, 0.15) is 12.6 Å². The Morgan fingerprint density at radius 1 is 1.57 bits per heavy atom. The fraction of sp³-hybridized carbons (Fsp3) is 0.600. The van der Waals surface area contributed by atoms with Crippen molar-refractivity contribution in [2.75, 3.05) is 12.3 Å². The van der Waals surface area contributed by atoms with Gasteiger partial charge in [-0.1, -0.05) is 0 Å². The minimum absolute atomic E-state index is 0.0332. The number of aromatic nitrogens is 2. The molecule has 1 aliphatic heterocycles. The Morgan fingerprint density at radius 3 is 2.67 bits per heavy atom. The molecule has 118 valence electrons. The molecular weight excluding hydrogens is 305 g/mol. The molecule has 0 amide bonds. The number of nitrogens with two attached hydrogens (primary N) is 1. The van der Waals surface area contributed by atoms with Crippen LogP contribution in [0.5, 0.6) is 0 Å². The Labute approximate surface area is 114 Å². The summed E-state index contributed by atoms with van der Waals surface area (Å²) in [5, 5.41) is 8.92. The molecule has 0 aliphatic carbocycles. The highest BCUT2D eigenvalue weighted by molar-refractivity contribution is 5.26. The van der Waals surface area contributed by atoms with Crippen LogP contribution in [0.2, 0.25) is 0 Å². The highest BCUT2D eigenvalue weighted by Crippen LogP contribution is 2.49. The Bertz CT molecular complexity index is 608. The molecule has 1 saturated heterocycles. The number of anilines is 1. The summed E-state index contributed by atoms with van der Waals surface area (Å²) >= 11 is 0. The molecule has 3 N–H and O–H groups in total. The number of aliphatic hydroxyl groups excluding tert-OH is 1. The highest BCUT2D eigenvalue weighted by atomic mass is 19.3. The van der Waals surface area contributed by atoms with Crippen LogP contribution < -0.4 is 11.4 Å². The van der Waals surface area contributed by atoms with Crippen molar-refractivity contribution in [1.29, 1.82) is 0 Å². The normalized spacial score (nSPS) is 28.2. The molecule has 1 fully saturated rings. The molecule has 0 saturated carbocycles. The second kappa shape index (κ2) is 4.91. The first kappa shape index (κ1) is 15.6. The van der Waals surface area contributed by atoms with Crippen LogP contribution in [0.3, 0.4) is 0 Å². The van der Waals surface area contributed by atoms with Gasteiger partial charge < -0.3 is 15.6 Å². The molecule has 2 heterocycles. The van der Waals surface area contributed by atoms with Gasteiger partial charge in [-0.3, -0.25) is 4.57 Å². The largest absolute Gasteiger partial charge is 0.393 e. The van der Waals surface area contributed by atoms with E-state index < -0.39 is 54.5 Å². The number of nitrogen functional groups attached to an aromatic ring is 1. The molecule has 11 heteroatoms. The van der Waals surface area contributed by atoms with E-state index in [0.717, 1.165) is 0 Å². The van der Waals surface area contributed by atoms with Crippen molar-refractivity contribution in [3.63, 3.8) is 0 Å². The number of ether oxygens (including phenoxy) is 1. The van der Waals surface area contributed by atoms with Crippen molar-refractivity contribution in [3.05, 3.63) is 22.5 Å². The minimum atomic E-state index is -3.94. The van der Waals surface area contributed by atoms with Gasteiger partial charge in [0.1, 0.15) is 0 Å². The van der Waals surface area contributed by atoms with Gasteiger partial charge in [-0.2, -0.15) is 4.98 Å². The Hall–Kier alpha value is -1.75. The molecule has 21 heavy (non-hydrogen) atoms. The van der Waals surface area contributed by atoms with E-state index in [1.807, 2.05) is 0 Å². The molecule has 0 radical (unpaired) electrons. The standard InChI is InChI=1S/C10H10F5N3O3/c11-4-1-18(8(20)17-5(4)16)7-10(14,15)2-9(3-19,21-7)6(12)13/h1,6-7,19H,2-3H2,(H2,16,17,20). The van der Waals surface area contributed by atoms with Gasteiger partial charge in [0.15, 0.2) is 17.2 Å². The lowest BCUT2D eigenvalue weighted by molar-refractivity contribution is -0.183. The van der Waals surface area contributed by atoms with Crippen molar-refractivity contribution >= 4 is 5.82 Å². The predicted octanol–water partition coefficient (Wildman–Crippen LogP) is 0.515. The number of aliphatic hydroxyl groups is 1. The number of alkyl halides is 4. The van der Waals surface area contributed by atoms with E-state index in [4.69, 9.17) is 10.8 Å². The van der Waals surface area contributed by atoms with Crippen LogP contribution in [0.15, 0.2) is 11.0 Å². The molecule has 2 atom stereocenters. The maximum absolute atomic E-state index is 13.8. The Balaban J connectivity index is 2.50.